The van der Waals surface area contributed by atoms with Crippen LogP contribution in [0.3, 0.4) is 0 Å². The maximum absolute atomic E-state index is 13.5. The fraction of sp³-hybridized carbons (Fsp3) is 0.449. The average molecular weight is 1350 g/mol. The van der Waals surface area contributed by atoms with E-state index in [1.54, 1.807) is 6.20 Å². The molecule has 466 valence electrons. The van der Waals surface area contributed by atoms with Crippen LogP contribution in [0.4, 0.5) is 5.69 Å². The number of rotatable bonds is 33. The Morgan fingerprint density at radius 2 is 1.48 bits per heavy atom. The van der Waals surface area contributed by atoms with E-state index < -0.39 is 126 Å². The van der Waals surface area contributed by atoms with E-state index in [1.807, 2.05) is 0 Å². The number of benzene rings is 3. The van der Waals surface area contributed by atoms with Gasteiger partial charge in [-0.2, -0.15) is 16.8 Å². The van der Waals surface area contributed by atoms with Crippen LogP contribution < -0.4 is 43.8 Å². The third kappa shape index (κ3) is 18.7. The van der Waals surface area contributed by atoms with Gasteiger partial charge in [-0.25, -0.2) is 12.7 Å². The van der Waals surface area contributed by atoms with Crippen LogP contribution in [0.2, 0.25) is 0 Å². The summed E-state index contributed by atoms with van der Waals surface area (Å²) in [7, 11) is -10.4. The quantitative estimate of drug-likeness (QED) is 0.00641. The van der Waals surface area contributed by atoms with E-state index in [1.165, 1.54) is 58.0 Å². The van der Waals surface area contributed by atoms with Crippen LogP contribution in [-0.4, -0.2) is 219 Å². The number of halogens is 1. The Morgan fingerprint density at radius 1 is 0.824 bits per heavy atom. The monoisotopic (exact) mass is 1350 g/mol. The first-order valence-electron chi connectivity index (χ1n) is 25.6. The Hall–Kier alpha value is -6.60. The molecule has 85 heavy (non-hydrogen) atoms. The van der Waals surface area contributed by atoms with Crippen molar-refractivity contribution in [1.82, 2.24) is 36.3 Å². The summed E-state index contributed by atoms with van der Waals surface area (Å²) in [5.74, 6) is -3.88. The Bertz CT molecular complexity index is 3440. The lowest BCUT2D eigenvalue weighted by Gasteiger charge is -2.39. The average Bonchev–Trinajstić information content (AvgIpc) is 1.94. The molecule has 6 atom stereocenters. The molecule has 1 aromatic heterocycles. The number of hydrogen-bond donors (Lipinski definition) is 14. The second kappa shape index (κ2) is 31.7. The highest BCUT2D eigenvalue weighted by Gasteiger charge is 2.44. The van der Waals surface area contributed by atoms with Crippen LogP contribution in [0.5, 0.6) is 0 Å². The first-order chi connectivity index (χ1) is 40.4. The van der Waals surface area contributed by atoms with Crippen LogP contribution >= 0.6 is 22.9 Å². The molecule has 1 fully saturated rings. The number of ether oxygens (including phenoxy) is 6. The van der Waals surface area contributed by atoms with Crippen molar-refractivity contribution >= 4 is 83.4 Å². The molecule has 3 aromatic rings. The molecule has 36 heteroatoms. The van der Waals surface area contributed by atoms with E-state index in [9.17, 15) is 70.7 Å². The van der Waals surface area contributed by atoms with Crippen molar-refractivity contribution in [2.75, 3.05) is 98.0 Å². The zero-order valence-corrected chi connectivity index (χ0v) is 48.7. The summed E-state index contributed by atoms with van der Waals surface area (Å²) in [4.78, 5) is 48.9. The van der Waals surface area contributed by atoms with Gasteiger partial charge in [0.15, 0.2) is 27.4 Å². The van der Waals surface area contributed by atoms with Crippen molar-refractivity contribution in [3.8, 4) is 22.5 Å². The van der Waals surface area contributed by atoms with Crippen molar-refractivity contribution in [1.29, 1.82) is 0 Å². The van der Waals surface area contributed by atoms with Crippen LogP contribution in [0.25, 0.3) is 33.4 Å². The lowest BCUT2D eigenvalue weighted by Crippen LogP contribution is -2.59. The van der Waals surface area contributed by atoms with Gasteiger partial charge in [-0.3, -0.25) is 23.5 Å². The lowest BCUT2D eigenvalue weighted by molar-refractivity contribution is -0.299. The number of hydrogen-bond acceptors (Lipinski definition) is 26. The van der Waals surface area contributed by atoms with Gasteiger partial charge in [-0.1, -0.05) is 5.21 Å². The number of carbonyl (C=O) groups excluding carboxylic acids is 3. The number of carboxylic acid groups (broad SMARTS) is 1. The molecular formula is C49H64IN11O22S2. The zero-order chi connectivity index (χ0) is 62.0. The second-order valence-corrected chi connectivity index (χ2v) is 21.7. The molecular weight excluding hydrogens is 1290 g/mol. The van der Waals surface area contributed by atoms with E-state index >= 15 is 0 Å². The molecule has 0 spiro atoms. The minimum Gasteiger partial charge on any atom is -0.478 e. The lowest BCUT2D eigenvalue weighted by atomic mass is 9.89. The number of anilines is 1. The maximum Gasteiger partial charge on any atom is 0.336 e. The van der Waals surface area contributed by atoms with Gasteiger partial charge in [0.25, 0.3) is 26.1 Å². The van der Waals surface area contributed by atoms with Crippen molar-refractivity contribution in [2.24, 2.45) is 14.7 Å². The summed E-state index contributed by atoms with van der Waals surface area (Å²) in [6.45, 7) is 1.43. The fourth-order valence-electron chi connectivity index (χ4n) is 8.31. The largest absolute Gasteiger partial charge is 0.478 e. The molecule has 3 aliphatic rings. The van der Waals surface area contributed by atoms with E-state index in [2.05, 4.69) is 34.8 Å². The molecule has 2 aliphatic heterocycles. The molecule has 3 heterocycles. The second-order valence-electron chi connectivity index (χ2n) is 18.5. The van der Waals surface area contributed by atoms with Crippen molar-refractivity contribution in [2.45, 2.75) is 59.5 Å². The van der Waals surface area contributed by atoms with Gasteiger partial charge in [0, 0.05) is 66.2 Å². The minimum atomic E-state index is -5.20. The molecule has 17 N–H and O–H groups in total. The van der Waals surface area contributed by atoms with Crippen LogP contribution in [0.15, 0.2) is 78.0 Å². The smallest absolute Gasteiger partial charge is 0.336 e. The van der Waals surface area contributed by atoms with Crippen molar-refractivity contribution in [3.63, 3.8) is 0 Å². The molecule has 0 bridgehead atoms. The van der Waals surface area contributed by atoms with Crippen LogP contribution in [0.1, 0.15) is 26.4 Å². The van der Waals surface area contributed by atoms with Gasteiger partial charge in [0.1, 0.15) is 31.0 Å². The Balaban J connectivity index is 0.840. The summed E-state index contributed by atoms with van der Waals surface area (Å²) in [5.41, 5.74) is 16.4. The minimum absolute atomic E-state index is 0.113. The highest BCUT2D eigenvalue weighted by molar-refractivity contribution is 14.1. The van der Waals surface area contributed by atoms with Gasteiger partial charge in [0.2, 0.25) is 11.8 Å². The Labute approximate surface area is 498 Å². The molecule has 1 saturated heterocycles. The molecule has 1 aliphatic carbocycles. The third-order valence-corrected chi connectivity index (χ3v) is 14.8. The van der Waals surface area contributed by atoms with E-state index in [0.29, 0.717) is 18.8 Å². The summed E-state index contributed by atoms with van der Waals surface area (Å²) in [5, 5.41) is 67.5. The van der Waals surface area contributed by atoms with Crippen LogP contribution in [-0.2, 0) is 71.2 Å². The summed E-state index contributed by atoms with van der Waals surface area (Å²) in [6.07, 6.45) is -4.17. The fourth-order valence-corrected chi connectivity index (χ4v) is 10.4. The number of carboxylic acids is 1. The van der Waals surface area contributed by atoms with Gasteiger partial charge in [-0.15, -0.1) is 5.10 Å². The summed E-state index contributed by atoms with van der Waals surface area (Å²) in [6, 6.07) is 7.35. The molecule has 6 rings (SSSR count). The highest BCUT2D eigenvalue weighted by atomic mass is 127. The topological polar surface area (TPSA) is 516 Å². The standard InChI is InChI=1S/C49H64IN11O22S2/c50-58-35-6-4-31-38(30-3-5-33(52)44(84(71,72)73)42(30)83-43(31)45(35)85(74,75)76)32-19-26(1-2-29(32)48(69)70)46(67)57-22-27(51)21-54-7-11-77-15-16-79-13-9-56-47(68)34(53)20-28-23-61(60-59-28)10-14-80-18-17-78-12-8-55-37(63)25-81-49-41(66)40(65)39(64)36(24-62)82-49/h1-6,19,21,23,34,36,39-41,49,54,62,64-66H,7-18,20,22,24-25,51-53H2,(H,55,63)(H,56,68)(H,57,67)(H,69,70)(H,71,72,73)(H,74,75,76)/b27-21-,58-35?/t34-,36+,39+,40-,41+,49+/m0/s1. The normalized spacial score (nSPS) is 18.1. The highest BCUT2D eigenvalue weighted by Crippen LogP contribution is 2.46. The van der Waals surface area contributed by atoms with Gasteiger partial charge < -0.3 is 96.8 Å². The maximum atomic E-state index is 13.5. The molecule has 33 nitrogen and oxygen atoms in total. The molecule has 2 aromatic carbocycles. The number of nitrogens with zero attached hydrogens (tertiary/aromatic N) is 4. The first-order valence-corrected chi connectivity index (χ1v) is 29.5. The summed E-state index contributed by atoms with van der Waals surface area (Å²) >= 11 is 1.46. The number of nitrogens with one attached hydrogen (secondary N) is 4. The Kier molecular flexibility index (Phi) is 25.2. The molecule has 3 amide bonds. The molecule has 0 saturated carbocycles. The third-order valence-electron chi connectivity index (χ3n) is 12.4. The van der Waals surface area contributed by atoms with Gasteiger partial charge in [-0.05, 0) is 48.0 Å². The number of nitrogen functional groups attached to an aromatic ring is 1. The zero-order valence-electron chi connectivity index (χ0n) is 44.9. The van der Waals surface area contributed by atoms with Crippen molar-refractivity contribution in [3.05, 3.63) is 82.7 Å². The van der Waals surface area contributed by atoms with E-state index in [0.717, 1.165) is 18.2 Å². The van der Waals surface area contributed by atoms with Gasteiger partial charge >= 0.3 is 5.97 Å². The SMILES string of the molecule is N/C(=C\NCCOCCOCCNC(=O)[C@@H](N)Cc1cn(CCOCCOCCNC(=O)CO[C@@H]2O[C@H](CO)[C@@H](O)[C@H](O)[C@H]2O)nn1)CNC(=O)c1ccc(C(=O)O)c(-c2c3ccc(=NI)c(S(=O)(=O)O)c-3oc3c(S(=O)(=O)O)c(N)ccc23)c1. The predicted octanol–water partition coefficient (Wildman–Crippen LogP) is -3.37. The first kappa shape index (κ1) is 67.5. The molecule has 0 radical (unpaired) electrons. The van der Waals surface area contributed by atoms with Crippen molar-refractivity contribution < 1.29 is 103 Å². The van der Waals surface area contributed by atoms with Crippen LogP contribution in [0, 0.1) is 0 Å². The van der Waals surface area contributed by atoms with E-state index in [4.69, 9.17) is 50.0 Å². The van der Waals surface area contributed by atoms with E-state index in [-0.39, 0.29) is 118 Å². The number of carbonyl (C=O) groups is 4. The number of amides is 3. The number of aromatic nitrogens is 3. The number of aliphatic hydroxyl groups excluding tert-OH is 4. The number of fused-ring (bicyclic) bond motifs is 2. The predicted molar refractivity (Wildman–Crippen MR) is 302 cm³/mol. The Morgan fingerprint density at radius 3 is 2.13 bits per heavy atom. The summed E-state index contributed by atoms with van der Waals surface area (Å²) < 4.78 is 115. The number of aliphatic hydroxyl groups is 4. The number of nitrogens with two attached hydrogens (primary N) is 3. The molecule has 0 unspecified atom stereocenters. The van der Waals surface area contributed by atoms with Gasteiger partial charge in [0.05, 0.1) is 124 Å². The number of aromatic carboxylic acids is 1.